The van der Waals surface area contributed by atoms with Gasteiger partial charge >= 0.3 is 0 Å². The van der Waals surface area contributed by atoms with Gasteiger partial charge in [0.2, 0.25) is 0 Å². The minimum Gasteiger partial charge on any atom is -0.493 e. The Morgan fingerprint density at radius 2 is 1.79 bits per heavy atom. The van der Waals surface area contributed by atoms with Gasteiger partial charge in [0.25, 0.3) is 0 Å². The third-order valence-corrected chi connectivity index (χ3v) is 4.48. The number of nitrogens with zero attached hydrogens (tertiary/aromatic N) is 1. The van der Waals surface area contributed by atoms with Gasteiger partial charge in [-0.1, -0.05) is 25.0 Å². The van der Waals surface area contributed by atoms with Crippen molar-refractivity contribution >= 4 is 0 Å². The summed E-state index contributed by atoms with van der Waals surface area (Å²) < 4.78 is 5.37. The van der Waals surface area contributed by atoms with E-state index in [0.29, 0.717) is 6.04 Å². The number of methoxy groups -OCH3 is 1. The highest BCUT2D eigenvalue weighted by Gasteiger charge is 2.35. The van der Waals surface area contributed by atoms with Crippen molar-refractivity contribution in [3.63, 3.8) is 0 Å². The molecule has 1 aliphatic heterocycles. The molecule has 0 radical (unpaired) electrons. The lowest BCUT2D eigenvalue weighted by Gasteiger charge is -2.42. The topological polar surface area (TPSA) is 21.7 Å². The normalized spacial score (nSPS) is 24.8. The molecule has 1 unspecified atom stereocenters. The molecule has 0 N–H and O–H groups in total. The maximum absolute atomic E-state index is 6.16. The molecule has 1 saturated carbocycles. The van der Waals surface area contributed by atoms with Gasteiger partial charge in [-0.3, -0.25) is 0 Å². The molecule has 3 heteroatoms. The molecule has 3 rings (SSSR count). The van der Waals surface area contributed by atoms with Crippen molar-refractivity contribution in [2.24, 2.45) is 5.92 Å². The molecule has 1 aliphatic carbocycles. The van der Waals surface area contributed by atoms with Crippen LogP contribution in [0.3, 0.4) is 0 Å². The monoisotopic (exact) mass is 261 g/mol. The van der Waals surface area contributed by atoms with Crippen LogP contribution in [0, 0.1) is 5.92 Å². The Bertz CT molecular complexity index is 417. The van der Waals surface area contributed by atoms with Crippen molar-refractivity contribution < 1.29 is 9.57 Å². The zero-order valence-electron chi connectivity index (χ0n) is 11.7. The molecule has 0 spiro atoms. The van der Waals surface area contributed by atoms with Crippen LogP contribution in [0.1, 0.15) is 38.5 Å². The van der Waals surface area contributed by atoms with E-state index in [1.165, 1.54) is 38.5 Å². The smallest absolute Gasteiger partial charge is 0.189 e. The highest BCUT2D eigenvalue weighted by Crippen LogP contribution is 2.38. The number of piperidine rings is 1. The Balaban J connectivity index is 1.72. The van der Waals surface area contributed by atoms with E-state index in [9.17, 15) is 0 Å². The van der Waals surface area contributed by atoms with E-state index in [1.807, 2.05) is 24.3 Å². The van der Waals surface area contributed by atoms with Gasteiger partial charge in [-0.25, -0.2) is 0 Å². The lowest BCUT2D eigenvalue weighted by molar-refractivity contribution is -0.139. The summed E-state index contributed by atoms with van der Waals surface area (Å²) in [5, 5.41) is 2.21. The molecule has 1 heterocycles. The highest BCUT2D eigenvalue weighted by molar-refractivity contribution is 5.39. The van der Waals surface area contributed by atoms with Gasteiger partial charge in [-0.2, -0.15) is 0 Å². The Hall–Kier alpha value is -1.22. The fourth-order valence-corrected chi connectivity index (χ4v) is 3.16. The number of hydrogen-bond donors (Lipinski definition) is 0. The Morgan fingerprint density at radius 1 is 1.00 bits per heavy atom. The first-order valence-corrected chi connectivity index (χ1v) is 7.46. The predicted octanol–water partition coefficient (Wildman–Crippen LogP) is 3.64. The number of hydrogen-bond acceptors (Lipinski definition) is 3. The molecular formula is C16H23NO2. The molecule has 2 fully saturated rings. The number of ether oxygens (including phenoxy) is 1. The molecule has 0 amide bonds. The molecule has 1 aromatic rings. The van der Waals surface area contributed by atoms with Gasteiger partial charge in [-0.05, 0) is 43.7 Å². The first-order chi connectivity index (χ1) is 9.38. The third-order valence-electron chi connectivity index (χ3n) is 4.48. The average molecular weight is 261 g/mol. The summed E-state index contributed by atoms with van der Waals surface area (Å²) in [5.41, 5.74) is 0. The van der Waals surface area contributed by atoms with Crippen molar-refractivity contribution in [1.82, 2.24) is 5.06 Å². The number of para-hydroxylation sites is 2. The average Bonchev–Trinajstić information content (AvgIpc) is 2.40. The summed E-state index contributed by atoms with van der Waals surface area (Å²) in [7, 11) is 1.70. The zero-order valence-corrected chi connectivity index (χ0v) is 11.7. The van der Waals surface area contributed by atoms with Crippen molar-refractivity contribution in [3.8, 4) is 11.5 Å². The molecule has 0 aromatic heterocycles. The number of hydroxylamine groups is 2. The molecule has 1 saturated heterocycles. The largest absolute Gasteiger partial charge is 0.493 e. The van der Waals surface area contributed by atoms with Crippen LogP contribution in [-0.2, 0) is 0 Å². The summed E-state index contributed by atoms with van der Waals surface area (Å²) in [6, 6.07) is 8.53. The van der Waals surface area contributed by atoms with Gasteiger partial charge in [0.15, 0.2) is 11.5 Å². The summed E-state index contributed by atoms with van der Waals surface area (Å²) in [6.45, 7) is 1.04. The van der Waals surface area contributed by atoms with Crippen LogP contribution in [0.15, 0.2) is 24.3 Å². The quantitative estimate of drug-likeness (QED) is 0.826. The van der Waals surface area contributed by atoms with E-state index < -0.39 is 0 Å². The Kier molecular flexibility index (Phi) is 3.92. The highest BCUT2D eigenvalue weighted by atomic mass is 16.7. The minimum absolute atomic E-state index is 0.604. The first kappa shape index (κ1) is 12.8. The van der Waals surface area contributed by atoms with Crippen molar-refractivity contribution in [2.75, 3.05) is 13.7 Å². The SMILES string of the molecule is COc1ccccc1ON1CCCCC1C1CCC1. The van der Waals surface area contributed by atoms with E-state index in [2.05, 4.69) is 5.06 Å². The van der Waals surface area contributed by atoms with E-state index in [0.717, 1.165) is 24.0 Å². The van der Waals surface area contributed by atoms with E-state index in [-0.39, 0.29) is 0 Å². The zero-order chi connectivity index (χ0) is 13.1. The number of rotatable bonds is 4. The maximum Gasteiger partial charge on any atom is 0.189 e. The van der Waals surface area contributed by atoms with Crippen LogP contribution in [0.4, 0.5) is 0 Å². The summed E-state index contributed by atoms with van der Waals surface area (Å²) >= 11 is 0. The third kappa shape index (κ3) is 2.71. The standard InChI is InChI=1S/C16H23NO2/c1-18-15-10-2-3-11-16(15)19-17-12-5-4-9-14(17)13-7-6-8-13/h2-3,10-11,13-14H,4-9,12H2,1H3. The van der Waals surface area contributed by atoms with Crippen LogP contribution in [0.2, 0.25) is 0 Å². The predicted molar refractivity (Wildman–Crippen MR) is 75.3 cm³/mol. The molecule has 0 bridgehead atoms. The van der Waals surface area contributed by atoms with E-state index in [1.54, 1.807) is 7.11 Å². The maximum atomic E-state index is 6.16. The van der Waals surface area contributed by atoms with Gasteiger partial charge in [0, 0.05) is 12.6 Å². The van der Waals surface area contributed by atoms with Crippen LogP contribution in [0.5, 0.6) is 11.5 Å². The molecule has 2 aliphatic rings. The van der Waals surface area contributed by atoms with Crippen molar-refractivity contribution in [2.45, 2.75) is 44.6 Å². The van der Waals surface area contributed by atoms with Gasteiger partial charge in [0.1, 0.15) is 0 Å². The van der Waals surface area contributed by atoms with Crippen LogP contribution in [0.25, 0.3) is 0 Å². The number of benzene rings is 1. The molecule has 104 valence electrons. The van der Waals surface area contributed by atoms with Crippen LogP contribution in [-0.4, -0.2) is 24.8 Å². The Labute approximate surface area is 115 Å². The van der Waals surface area contributed by atoms with Crippen molar-refractivity contribution in [1.29, 1.82) is 0 Å². The second kappa shape index (κ2) is 5.83. The van der Waals surface area contributed by atoms with Crippen molar-refractivity contribution in [3.05, 3.63) is 24.3 Å². The lowest BCUT2D eigenvalue weighted by atomic mass is 9.77. The van der Waals surface area contributed by atoms with Gasteiger partial charge in [0.05, 0.1) is 7.11 Å². The minimum atomic E-state index is 0.604. The van der Waals surface area contributed by atoms with E-state index in [4.69, 9.17) is 9.57 Å². The molecule has 1 atom stereocenters. The molecular weight excluding hydrogens is 238 g/mol. The molecule has 19 heavy (non-hydrogen) atoms. The van der Waals surface area contributed by atoms with Gasteiger partial charge in [-0.15, -0.1) is 5.06 Å². The van der Waals surface area contributed by atoms with Crippen LogP contribution >= 0.6 is 0 Å². The Morgan fingerprint density at radius 3 is 2.47 bits per heavy atom. The second-order valence-electron chi connectivity index (χ2n) is 5.64. The van der Waals surface area contributed by atoms with Crippen LogP contribution < -0.4 is 9.57 Å². The fourth-order valence-electron chi connectivity index (χ4n) is 3.16. The first-order valence-electron chi connectivity index (χ1n) is 7.46. The molecule has 1 aromatic carbocycles. The summed E-state index contributed by atoms with van der Waals surface area (Å²) in [4.78, 5) is 6.16. The molecule has 3 nitrogen and oxygen atoms in total. The van der Waals surface area contributed by atoms with Gasteiger partial charge < -0.3 is 9.57 Å². The van der Waals surface area contributed by atoms with E-state index >= 15 is 0 Å². The fraction of sp³-hybridized carbons (Fsp3) is 0.625. The summed E-state index contributed by atoms with van der Waals surface area (Å²) in [5.74, 6) is 2.51. The summed E-state index contributed by atoms with van der Waals surface area (Å²) in [6.07, 6.45) is 7.99. The lowest BCUT2D eigenvalue weighted by Crippen LogP contribution is -2.47. The second-order valence-corrected chi connectivity index (χ2v) is 5.64.